The molecular weight excluding hydrogens is 496 g/mol. The van der Waals surface area contributed by atoms with Gasteiger partial charge in [0, 0.05) is 55.1 Å². The lowest BCUT2D eigenvalue weighted by Crippen LogP contribution is -2.42. The zero-order chi connectivity index (χ0) is 27.5. The summed E-state index contributed by atoms with van der Waals surface area (Å²) in [4.78, 5) is 44.9. The number of esters is 1. The molecule has 4 aromatic rings. The van der Waals surface area contributed by atoms with E-state index in [2.05, 4.69) is 15.4 Å². The number of anilines is 1. The number of carbonyl (C=O) groups excluding carboxylic acids is 3. The first-order valence-electron chi connectivity index (χ1n) is 12.4. The third kappa shape index (κ3) is 5.35. The van der Waals surface area contributed by atoms with E-state index in [1.165, 1.54) is 12.0 Å². The molecule has 1 fully saturated rings. The molecule has 198 valence electrons. The Morgan fingerprint density at radius 2 is 1.69 bits per heavy atom. The smallest absolute Gasteiger partial charge is 0.328 e. The molecule has 2 aromatic heterocycles. The van der Waals surface area contributed by atoms with E-state index in [-0.39, 0.29) is 30.3 Å². The number of hydrogen-bond donors (Lipinski definition) is 2. The van der Waals surface area contributed by atoms with Crippen LogP contribution < -0.4 is 11.1 Å². The number of nitrogens with zero attached hydrogens (tertiary/aromatic N) is 4. The molecule has 3 heterocycles. The Morgan fingerprint density at radius 3 is 2.36 bits per heavy atom. The van der Waals surface area contributed by atoms with E-state index in [0.717, 1.165) is 16.7 Å². The zero-order valence-electron chi connectivity index (χ0n) is 21.6. The van der Waals surface area contributed by atoms with Crippen LogP contribution in [-0.4, -0.2) is 63.2 Å². The third-order valence-corrected chi connectivity index (χ3v) is 6.81. The molecule has 1 aliphatic rings. The van der Waals surface area contributed by atoms with Crippen molar-refractivity contribution >= 4 is 23.6 Å². The van der Waals surface area contributed by atoms with Gasteiger partial charge in [0.05, 0.1) is 18.9 Å². The second kappa shape index (κ2) is 10.8. The van der Waals surface area contributed by atoms with Crippen LogP contribution in [0.4, 0.5) is 5.82 Å². The average molecular weight is 525 g/mol. The van der Waals surface area contributed by atoms with E-state index in [1.54, 1.807) is 42.3 Å². The first kappa shape index (κ1) is 25.7. The van der Waals surface area contributed by atoms with Gasteiger partial charge in [-0.3, -0.25) is 14.3 Å². The summed E-state index contributed by atoms with van der Waals surface area (Å²) in [6.07, 6.45) is 5.27. The Labute approximate surface area is 225 Å². The maximum atomic E-state index is 13.5. The molecule has 10 heteroatoms. The molecule has 0 saturated carbocycles. The van der Waals surface area contributed by atoms with Crippen molar-refractivity contribution in [3.05, 3.63) is 90.4 Å². The van der Waals surface area contributed by atoms with Crippen molar-refractivity contribution in [1.82, 2.24) is 25.0 Å². The summed E-state index contributed by atoms with van der Waals surface area (Å²) in [6.45, 7) is 0.139. The number of methoxy groups -OCH3 is 1. The molecule has 1 aliphatic heterocycles. The molecule has 10 nitrogen and oxygen atoms in total. The second-order valence-corrected chi connectivity index (χ2v) is 9.41. The standard InChI is InChI=1S/C29H28N6O4/c1-34-16-22(15-32-34)21-12-24(26(30)31-14-21)27(36)33-23-13-25(29(38)39-2)35(17-23)28(37)20-10-8-19(9-11-20)18-6-4-3-5-7-18/h3-12,14-16,23,25H,13,17H2,1-2H3,(H2,30,31)(H,33,36)/t23-,25-/m1/s1. The maximum absolute atomic E-state index is 13.5. The molecule has 0 bridgehead atoms. The lowest BCUT2D eigenvalue weighted by Gasteiger charge is -2.22. The molecule has 39 heavy (non-hydrogen) atoms. The van der Waals surface area contributed by atoms with Crippen molar-refractivity contribution in [2.45, 2.75) is 18.5 Å². The number of pyridine rings is 1. The van der Waals surface area contributed by atoms with Gasteiger partial charge in [0.2, 0.25) is 0 Å². The highest BCUT2D eigenvalue weighted by Crippen LogP contribution is 2.26. The highest BCUT2D eigenvalue weighted by atomic mass is 16.5. The van der Waals surface area contributed by atoms with Gasteiger partial charge in [-0.2, -0.15) is 5.10 Å². The molecule has 2 atom stereocenters. The largest absolute Gasteiger partial charge is 0.467 e. The van der Waals surface area contributed by atoms with Gasteiger partial charge in [0.1, 0.15) is 11.9 Å². The van der Waals surface area contributed by atoms with Gasteiger partial charge in [-0.1, -0.05) is 42.5 Å². The summed E-state index contributed by atoms with van der Waals surface area (Å²) in [5, 5.41) is 7.07. The molecule has 0 radical (unpaired) electrons. The van der Waals surface area contributed by atoms with Crippen molar-refractivity contribution in [3.63, 3.8) is 0 Å². The van der Waals surface area contributed by atoms with Crippen molar-refractivity contribution in [2.24, 2.45) is 7.05 Å². The number of nitrogens with one attached hydrogen (secondary N) is 1. The predicted octanol–water partition coefficient (Wildman–Crippen LogP) is 2.92. The van der Waals surface area contributed by atoms with Crippen LogP contribution in [0, 0.1) is 0 Å². The van der Waals surface area contributed by atoms with E-state index < -0.39 is 24.0 Å². The molecule has 2 amide bonds. The number of hydrogen-bond acceptors (Lipinski definition) is 7. The number of ether oxygens (including phenoxy) is 1. The fourth-order valence-electron chi connectivity index (χ4n) is 4.77. The van der Waals surface area contributed by atoms with Gasteiger partial charge in [0.25, 0.3) is 11.8 Å². The number of amides is 2. The molecule has 5 rings (SSSR count). The topological polar surface area (TPSA) is 132 Å². The minimum absolute atomic E-state index is 0.0779. The molecule has 0 spiro atoms. The van der Waals surface area contributed by atoms with Gasteiger partial charge >= 0.3 is 5.97 Å². The average Bonchev–Trinajstić information content (AvgIpc) is 3.59. The van der Waals surface area contributed by atoms with Crippen LogP contribution in [0.3, 0.4) is 0 Å². The minimum atomic E-state index is -0.834. The van der Waals surface area contributed by atoms with Crippen molar-refractivity contribution in [1.29, 1.82) is 0 Å². The van der Waals surface area contributed by atoms with Gasteiger partial charge in [0.15, 0.2) is 0 Å². The number of aromatic nitrogens is 3. The molecule has 3 N–H and O–H groups in total. The van der Waals surface area contributed by atoms with E-state index in [1.807, 2.05) is 48.7 Å². The quantitative estimate of drug-likeness (QED) is 0.371. The molecule has 1 saturated heterocycles. The van der Waals surface area contributed by atoms with Gasteiger partial charge in [-0.05, 0) is 29.3 Å². The normalized spacial score (nSPS) is 16.6. The van der Waals surface area contributed by atoms with Crippen molar-refractivity contribution < 1.29 is 19.1 Å². The van der Waals surface area contributed by atoms with Gasteiger partial charge in [-0.15, -0.1) is 0 Å². The summed E-state index contributed by atoms with van der Waals surface area (Å²) in [5.41, 5.74) is 10.2. The van der Waals surface area contributed by atoms with Crippen LogP contribution in [-0.2, 0) is 16.6 Å². The summed E-state index contributed by atoms with van der Waals surface area (Å²) in [7, 11) is 3.08. The van der Waals surface area contributed by atoms with E-state index in [4.69, 9.17) is 10.5 Å². The first-order chi connectivity index (χ1) is 18.8. The Bertz CT molecular complexity index is 1520. The lowest BCUT2D eigenvalue weighted by molar-refractivity contribution is -0.145. The van der Waals surface area contributed by atoms with Gasteiger partial charge < -0.3 is 20.7 Å². The van der Waals surface area contributed by atoms with Crippen LogP contribution in [0.15, 0.2) is 79.3 Å². The predicted molar refractivity (Wildman–Crippen MR) is 145 cm³/mol. The Hall–Kier alpha value is -4.99. The highest BCUT2D eigenvalue weighted by Gasteiger charge is 2.41. The molecule has 2 aromatic carbocycles. The highest BCUT2D eigenvalue weighted by molar-refractivity contribution is 6.00. The van der Waals surface area contributed by atoms with Crippen LogP contribution in [0.1, 0.15) is 27.1 Å². The van der Waals surface area contributed by atoms with Crippen LogP contribution in [0.5, 0.6) is 0 Å². The molecule has 0 aliphatic carbocycles. The number of likely N-dealkylation sites (tertiary alicyclic amines) is 1. The number of benzene rings is 2. The number of nitrogens with two attached hydrogens (primary N) is 1. The van der Waals surface area contributed by atoms with Crippen LogP contribution in [0.25, 0.3) is 22.3 Å². The zero-order valence-corrected chi connectivity index (χ0v) is 21.6. The summed E-state index contributed by atoms with van der Waals surface area (Å²) in [5.74, 6) is -1.22. The minimum Gasteiger partial charge on any atom is -0.467 e. The number of carbonyl (C=O) groups is 3. The molecular formula is C29H28N6O4. The van der Waals surface area contributed by atoms with E-state index in [0.29, 0.717) is 11.1 Å². The van der Waals surface area contributed by atoms with Gasteiger partial charge in [-0.25, -0.2) is 9.78 Å². The second-order valence-electron chi connectivity index (χ2n) is 9.41. The summed E-state index contributed by atoms with van der Waals surface area (Å²) < 4.78 is 6.62. The van der Waals surface area contributed by atoms with Crippen LogP contribution in [0.2, 0.25) is 0 Å². The van der Waals surface area contributed by atoms with Crippen molar-refractivity contribution in [2.75, 3.05) is 19.4 Å². The van der Waals surface area contributed by atoms with E-state index >= 15 is 0 Å². The SMILES string of the molecule is COC(=O)[C@H]1C[C@@H](NC(=O)c2cc(-c3cnn(C)c3)cnc2N)CN1C(=O)c1ccc(-c2ccccc2)cc1. The lowest BCUT2D eigenvalue weighted by atomic mass is 10.0. The fraction of sp³-hybridized carbons (Fsp3) is 0.207. The number of nitrogen functional groups attached to an aromatic ring is 1. The first-order valence-corrected chi connectivity index (χ1v) is 12.4. The summed E-state index contributed by atoms with van der Waals surface area (Å²) >= 11 is 0. The van der Waals surface area contributed by atoms with E-state index in [9.17, 15) is 14.4 Å². The van der Waals surface area contributed by atoms with Crippen molar-refractivity contribution in [3.8, 4) is 22.3 Å². The van der Waals surface area contributed by atoms with Crippen LogP contribution >= 0.6 is 0 Å². The Balaban J connectivity index is 1.33. The maximum Gasteiger partial charge on any atom is 0.328 e. The fourth-order valence-corrected chi connectivity index (χ4v) is 4.77. The number of rotatable bonds is 6. The third-order valence-electron chi connectivity index (χ3n) is 6.81. The Kier molecular flexibility index (Phi) is 7.09. The monoisotopic (exact) mass is 524 g/mol. The summed E-state index contributed by atoms with van der Waals surface area (Å²) in [6, 6.07) is 17.4. The Morgan fingerprint density at radius 1 is 0.974 bits per heavy atom. The number of aryl methyl sites for hydroxylation is 1. The molecule has 0 unspecified atom stereocenters.